The molecule has 0 amide bonds. The number of phenolic OH excluding ortho intramolecular Hbond substituents is 2. The normalized spacial score (nSPS) is 26.5. The summed E-state index contributed by atoms with van der Waals surface area (Å²) >= 11 is 0. The van der Waals surface area contributed by atoms with E-state index in [1.54, 1.807) is 6.07 Å². The highest BCUT2D eigenvalue weighted by atomic mass is 16.7. The van der Waals surface area contributed by atoms with Crippen molar-refractivity contribution in [3.63, 3.8) is 0 Å². The number of benzene rings is 2. The SMILES string of the molecule is O=C(/C(O)=C/c1cccc(O)c1)c1ccc(O[C@@H]2O[C@H](CO)[C@@H](O)[C@H](O)[C@H]2O)cc1O. The number of ketones is 1. The van der Waals surface area contributed by atoms with Crippen molar-refractivity contribution in [2.75, 3.05) is 6.61 Å². The Morgan fingerprint density at radius 1 is 1.03 bits per heavy atom. The van der Waals surface area contributed by atoms with Crippen LogP contribution in [0.15, 0.2) is 48.2 Å². The predicted octanol–water partition coefficient (Wildman–Crippen LogP) is 0.0583. The van der Waals surface area contributed by atoms with Gasteiger partial charge in [0.25, 0.3) is 0 Å². The molecule has 0 aromatic heterocycles. The maximum atomic E-state index is 12.4. The van der Waals surface area contributed by atoms with E-state index < -0.39 is 54.6 Å². The third-order valence-corrected chi connectivity index (χ3v) is 4.72. The first kappa shape index (κ1) is 22.5. The Morgan fingerprint density at radius 3 is 2.42 bits per heavy atom. The summed E-state index contributed by atoms with van der Waals surface area (Å²) in [5, 5.41) is 68.5. The molecular formula is C21H22O10. The molecule has 0 bridgehead atoms. The number of rotatable bonds is 6. The van der Waals surface area contributed by atoms with E-state index in [1.807, 2.05) is 0 Å². The number of Topliss-reactive ketones (excluding diaryl/α,β-unsaturated/α-hetero) is 1. The van der Waals surface area contributed by atoms with Gasteiger partial charge in [-0.2, -0.15) is 0 Å². The van der Waals surface area contributed by atoms with Crippen LogP contribution in [-0.4, -0.2) is 78.8 Å². The van der Waals surface area contributed by atoms with Gasteiger partial charge in [0.1, 0.15) is 41.7 Å². The van der Waals surface area contributed by atoms with Crippen LogP contribution in [0.5, 0.6) is 17.2 Å². The number of allylic oxidation sites excluding steroid dienone is 1. The van der Waals surface area contributed by atoms with Gasteiger partial charge in [0.05, 0.1) is 12.2 Å². The highest BCUT2D eigenvalue weighted by molar-refractivity contribution is 6.11. The second-order valence-corrected chi connectivity index (χ2v) is 6.95. The van der Waals surface area contributed by atoms with Gasteiger partial charge in [-0.15, -0.1) is 0 Å². The average molecular weight is 434 g/mol. The highest BCUT2D eigenvalue weighted by Gasteiger charge is 2.44. The van der Waals surface area contributed by atoms with Gasteiger partial charge in [-0.1, -0.05) is 12.1 Å². The third-order valence-electron chi connectivity index (χ3n) is 4.72. The third kappa shape index (κ3) is 4.95. The smallest absolute Gasteiger partial charge is 0.231 e. The summed E-state index contributed by atoms with van der Waals surface area (Å²) in [6, 6.07) is 9.31. The van der Waals surface area contributed by atoms with E-state index in [2.05, 4.69) is 0 Å². The predicted molar refractivity (Wildman–Crippen MR) is 106 cm³/mol. The molecule has 5 atom stereocenters. The standard InChI is InChI=1S/C21H22O10/c22-9-16-18(27)19(28)20(29)21(31-16)30-12-4-5-13(14(24)8-12)17(26)15(25)7-10-2-1-3-11(23)6-10/h1-8,16,18-25,27-29H,9H2/b15-7-/t16-,18-,19+,20-,21-/m1/s1. The molecule has 10 nitrogen and oxygen atoms in total. The maximum absolute atomic E-state index is 12.4. The molecule has 0 aliphatic carbocycles. The zero-order valence-electron chi connectivity index (χ0n) is 16.1. The van der Waals surface area contributed by atoms with Crippen LogP contribution in [0.3, 0.4) is 0 Å². The largest absolute Gasteiger partial charge is 0.508 e. The molecule has 1 aliphatic rings. The Bertz CT molecular complexity index is 970. The summed E-state index contributed by atoms with van der Waals surface area (Å²) in [5.41, 5.74) is 0.128. The van der Waals surface area contributed by atoms with Gasteiger partial charge in [-0.3, -0.25) is 4.79 Å². The van der Waals surface area contributed by atoms with E-state index in [4.69, 9.17) is 9.47 Å². The maximum Gasteiger partial charge on any atom is 0.231 e. The molecule has 2 aromatic carbocycles. The lowest BCUT2D eigenvalue weighted by atomic mass is 9.99. The van der Waals surface area contributed by atoms with Crippen LogP contribution in [0.1, 0.15) is 15.9 Å². The van der Waals surface area contributed by atoms with E-state index in [0.717, 1.165) is 12.1 Å². The van der Waals surface area contributed by atoms with Crippen molar-refractivity contribution in [2.45, 2.75) is 30.7 Å². The van der Waals surface area contributed by atoms with Crippen LogP contribution in [0.2, 0.25) is 0 Å². The Balaban J connectivity index is 1.76. The average Bonchev–Trinajstić information content (AvgIpc) is 2.73. The summed E-state index contributed by atoms with van der Waals surface area (Å²) in [6.45, 7) is -0.631. The molecule has 1 aliphatic heterocycles. The zero-order chi connectivity index (χ0) is 22.7. The van der Waals surface area contributed by atoms with Gasteiger partial charge >= 0.3 is 0 Å². The van der Waals surface area contributed by atoms with Crippen LogP contribution in [-0.2, 0) is 4.74 Å². The van der Waals surface area contributed by atoms with Gasteiger partial charge in [0.2, 0.25) is 12.1 Å². The van der Waals surface area contributed by atoms with E-state index in [0.29, 0.717) is 5.56 Å². The molecule has 0 spiro atoms. The van der Waals surface area contributed by atoms with Crippen molar-refractivity contribution >= 4 is 11.9 Å². The molecule has 3 rings (SSSR count). The molecule has 1 heterocycles. The van der Waals surface area contributed by atoms with Crippen molar-refractivity contribution in [3.8, 4) is 17.2 Å². The van der Waals surface area contributed by atoms with Gasteiger partial charge < -0.3 is 45.2 Å². The number of hydrogen-bond acceptors (Lipinski definition) is 10. The summed E-state index contributed by atoms with van der Waals surface area (Å²) in [7, 11) is 0. The van der Waals surface area contributed by atoms with Crippen molar-refractivity contribution < 1.29 is 50.0 Å². The van der Waals surface area contributed by atoms with Crippen LogP contribution < -0.4 is 4.74 Å². The second kappa shape index (κ2) is 9.33. The zero-order valence-corrected chi connectivity index (χ0v) is 16.1. The quantitative estimate of drug-likeness (QED) is 0.187. The van der Waals surface area contributed by atoms with Crippen LogP contribution in [0.25, 0.3) is 6.08 Å². The molecule has 1 fully saturated rings. The number of hydrogen-bond donors (Lipinski definition) is 7. The van der Waals surface area contributed by atoms with Crippen LogP contribution in [0, 0.1) is 0 Å². The minimum Gasteiger partial charge on any atom is -0.508 e. The van der Waals surface area contributed by atoms with Crippen LogP contribution in [0.4, 0.5) is 0 Å². The van der Waals surface area contributed by atoms with E-state index in [9.17, 15) is 40.5 Å². The van der Waals surface area contributed by atoms with Gasteiger partial charge in [0, 0.05) is 6.07 Å². The molecule has 10 heteroatoms. The summed E-state index contributed by atoms with van der Waals surface area (Å²) in [4.78, 5) is 12.4. The first-order chi connectivity index (χ1) is 14.7. The molecule has 0 saturated carbocycles. The molecule has 2 aromatic rings. The summed E-state index contributed by atoms with van der Waals surface area (Å²) in [6.07, 6.45) is -6.33. The van der Waals surface area contributed by atoms with Gasteiger partial charge in [0.15, 0.2) is 5.76 Å². The molecule has 166 valence electrons. The van der Waals surface area contributed by atoms with Crippen molar-refractivity contribution in [3.05, 3.63) is 59.4 Å². The Morgan fingerprint density at radius 2 is 1.77 bits per heavy atom. The minimum absolute atomic E-state index is 0.0465. The number of aliphatic hydroxyl groups excluding tert-OH is 5. The van der Waals surface area contributed by atoms with Crippen molar-refractivity contribution in [2.24, 2.45) is 0 Å². The lowest BCUT2D eigenvalue weighted by Crippen LogP contribution is -2.60. The van der Waals surface area contributed by atoms with Gasteiger partial charge in [-0.25, -0.2) is 0 Å². The lowest BCUT2D eigenvalue weighted by molar-refractivity contribution is -0.277. The van der Waals surface area contributed by atoms with Gasteiger partial charge in [-0.05, 0) is 35.9 Å². The number of carbonyl (C=O) groups is 1. The molecule has 7 N–H and O–H groups in total. The lowest BCUT2D eigenvalue weighted by Gasteiger charge is -2.39. The molecule has 1 saturated heterocycles. The Labute approximate surface area is 176 Å². The van der Waals surface area contributed by atoms with E-state index in [-0.39, 0.29) is 17.1 Å². The number of aliphatic hydroxyl groups is 5. The molecule has 31 heavy (non-hydrogen) atoms. The summed E-state index contributed by atoms with van der Waals surface area (Å²) < 4.78 is 10.6. The minimum atomic E-state index is -1.64. The second-order valence-electron chi connectivity index (χ2n) is 6.95. The summed E-state index contributed by atoms with van der Waals surface area (Å²) in [5.74, 6) is -2.20. The Kier molecular flexibility index (Phi) is 6.78. The number of aromatic hydroxyl groups is 2. The molecular weight excluding hydrogens is 412 g/mol. The fourth-order valence-electron chi connectivity index (χ4n) is 3.05. The Hall–Kier alpha value is -3.15. The topological polar surface area (TPSA) is 177 Å². The van der Waals surface area contributed by atoms with Crippen molar-refractivity contribution in [1.82, 2.24) is 0 Å². The first-order valence-corrected chi connectivity index (χ1v) is 9.26. The number of carbonyl (C=O) groups excluding carboxylic acids is 1. The molecule has 0 radical (unpaired) electrons. The number of phenols is 2. The number of ether oxygens (including phenoxy) is 2. The fourth-order valence-corrected chi connectivity index (χ4v) is 3.05. The van der Waals surface area contributed by atoms with Crippen molar-refractivity contribution in [1.29, 1.82) is 0 Å². The molecule has 0 unspecified atom stereocenters. The first-order valence-electron chi connectivity index (χ1n) is 9.26. The van der Waals surface area contributed by atoms with Crippen LogP contribution >= 0.6 is 0 Å². The fraction of sp³-hybridized carbons (Fsp3) is 0.286. The highest BCUT2D eigenvalue weighted by Crippen LogP contribution is 2.29. The van der Waals surface area contributed by atoms with E-state index in [1.165, 1.54) is 30.3 Å². The monoisotopic (exact) mass is 434 g/mol. The van der Waals surface area contributed by atoms with E-state index >= 15 is 0 Å².